The van der Waals surface area contributed by atoms with E-state index in [4.69, 9.17) is 15.6 Å². The molecule has 0 aromatic heterocycles. The topological polar surface area (TPSA) is 55.5 Å². The van der Waals surface area contributed by atoms with Gasteiger partial charge in [0.1, 0.15) is 0 Å². The zero-order valence-electron chi connectivity index (χ0n) is 6.83. The SMILES string of the molecule is NC1CCCC1OCCCO. The Labute approximate surface area is 67.5 Å². The van der Waals surface area contributed by atoms with Gasteiger partial charge in [-0.05, 0) is 25.7 Å². The van der Waals surface area contributed by atoms with Gasteiger partial charge in [-0.15, -0.1) is 0 Å². The third-order valence-corrected chi connectivity index (χ3v) is 2.14. The second kappa shape index (κ2) is 4.70. The largest absolute Gasteiger partial charge is 0.396 e. The van der Waals surface area contributed by atoms with Crippen molar-refractivity contribution in [3.05, 3.63) is 0 Å². The summed E-state index contributed by atoms with van der Waals surface area (Å²) < 4.78 is 5.47. The lowest BCUT2D eigenvalue weighted by atomic mass is 10.2. The number of aliphatic hydroxyl groups is 1. The van der Waals surface area contributed by atoms with Crippen LogP contribution in [0.25, 0.3) is 0 Å². The summed E-state index contributed by atoms with van der Waals surface area (Å²) in [5, 5.41) is 8.49. The Bertz CT molecular complexity index is 108. The Morgan fingerprint density at radius 3 is 2.82 bits per heavy atom. The summed E-state index contributed by atoms with van der Waals surface area (Å²) >= 11 is 0. The molecule has 0 saturated heterocycles. The molecule has 0 aromatic rings. The summed E-state index contributed by atoms with van der Waals surface area (Å²) in [5.41, 5.74) is 5.77. The highest BCUT2D eigenvalue weighted by Gasteiger charge is 2.23. The van der Waals surface area contributed by atoms with E-state index in [1.54, 1.807) is 0 Å². The number of hydrogen-bond acceptors (Lipinski definition) is 3. The first-order valence-corrected chi connectivity index (χ1v) is 4.32. The van der Waals surface area contributed by atoms with Gasteiger partial charge in [0, 0.05) is 19.3 Å². The Balaban J connectivity index is 2.05. The molecule has 0 heterocycles. The lowest BCUT2D eigenvalue weighted by Crippen LogP contribution is -2.31. The Hall–Kier alpha value is -0.120. The van der Waals surface area contributed by atoms with Crippen molar-refractivity contribution in [2.24, 2.45) is 5.73 Å². The molecule has 3 nitrogen and oxygen atoms in total. The van der Waals surface area contributed by atoms with Crippen molar-refractivity contribution in [3.63, 3.8) is 0 Å². The molecule has 1 aliphatic carbocycles. The fourth-order valence-electron chi connectivity index (χ4n) is 1.46. The third kappa shape index (κ3) is 2.77. The van der Waals surface area contributed by atoms with Crippen LogP contribution in [0.1, 0.15) is 25.7 Å². The molecule has 1 saturated carbocycles. The number of hydrogen-bond donors (Lipinski definition) is 2. The monoisotopic (exact) mass is 159 g/mol. The molecule has 0 radical (unpaired) electrons. The second-order valence-corrected chi connectivity index (χ2v) is 3.08. The van der Waals surface area contributed by atoms with Crippen molar-refractivity contribution < 1.29 is 9.84 Å². The smallest absolute Gasteiger partial charge is 0.0725 e. The van der Waals surface area contributed by atoms with Gasteiger partial charge in [0.25, 0.3) is 0 Å². The zero-order chi connectivity index (χ0) is 8.10. The van der Waals surface area contributed by atoms with E-state index in [1.807, 2.05) is 0 Å². The fourth-order valence-corrected chi connectivity index (χ4v) is 1.46. The van der Waals surface area contributed by atoms with E-state index in [0.29, 0.717) is 6.61 Å². The van der Waals surface area contributed by atoms with Crippen LogP contribution < -0.4 is 5.73 Å². The fraction of sp³-hybridized carbons (Fsp3) is 1.00. The molecule has 3 N–H and O–H groups in total. The van der Waals surface area contributed by atoms with Crippen LogP contribution in [0.2, 0.25) is 0 Å². The van der Waals surface area contributed by atoms with Gasteiger partial charge < -0.3 is 15.6 Å². The summed E-state index contributed by atoms with van der Waals surface area (Å²) in [4.78, 5) is 0. The van der Waals surface area contributed by atoms with Gasteiger partial charge in [-0.1, -0.05) is 0 Å². The average molecular weight is 159 g/mol. The Morgan fingerprint density at radius 1 is 1.45 bits per heavy atom. The summed E-state index contributed by atoms with van der Waals surface area (Å²) in [6.07, 6.45) is 4.34. The quantitative estimate of drug-likeness (QED) is 0.579. The summed E-state index contributed by atoms with van der Waals surface area (Å²) in [5.74, 6) is 0. The number of aliphatic hydroxyl groups excluding tert-OH is 1. The minimum atomic E-state index is 0.210. The van der Waals surface area contributed by atoms with E-state index in [9.17, 15) is 0 Å². The van der Waals surface area contributed by atoms with Crippen LogP contribution in [-0.2, 0) is 4.74 Å². The summed E-state index contributed by atoms with van der Waals surface area (Å²) in [6.45, 7) is 0.858. The normalized spacial score (nSPS) is 31.1. The number of rotatable bonds is 4. The molecule has 0 amide bonds. The van der Waals surface area contributed by atoms with E-state index in [0.717, 1.165) is 19.3 Å². The predicted octanol–water partition coefficient (Wildman–Crippen LogP) is 0.265. The highest BCUT2D eigenvalue weighted by atomic mass is 16.5. The van der Waals surface area contributed by atoms with E-state index in [1.165, 1.54) is 6.42 Å². The van der Waals surface area contributed by atoms with Crippen molar-refractivity contribution in [1.82, 2.24) is 0 Å². The van der Waals surface area contributed by atoms with E-state index >= 15 is 0 Å². The van der Waals surface area contributed by atoms with Gasteiger partial charge in [-0.2, -0.15) is 0 Å². The molecule has 0 aliphatic heterocycles. The molecule has 0 spiro atoms. The van der Waals surface area contributed by atoms with Gasteiger partial charge in [-0.25, -0.2) is 0 Å². The molecule has 1 rings (SSSR count). The maximum atomic E-state index is 8.49. The van der Waals surface area contributed by atoms with Crippen molar-refractivity contribution in [1.29, 1.82) is 0 Å². The van der Waals surface area contributed by atoms with Crippen LogP contribution in [0.5, 0.6) is 0 Å². The molecular weight excluding hydrogens is 142 g/mol. The molecule has 11 heavy (non-hydrogen) atoms. The number of ether oxygens (including phenoxy) is 1. The van der Waals surface area contributed by atoms with E-state index in [-0.39, 0.29) is 18.8 Å². The van der Waals surface area contributed by atoms with Crippen molar-refractivity contribution in [2.45, 2.75) is 37.8 Å². The van der Waals surface area contributed by atoms with Gasteiger partial charge in [0.15, 0.2) is 0 Å². The van der Waals surface area contributed by atoms with Gasteiger partial charge in [0.2, 0.25) is 0 Å². The minimum Gasteiger partial charge on any atom is -0.396 e. The zero-order valence-corrected chi connectivity index (χ0v) is 6.83. The molecule has 2 unspecified atom stereocenters. The molecule has 66 valence electrons. The highest BCUT2D eigenvalue weighted by molar-refractivity contribution is 4.80. The van der Waals surface area contributed by atoms with E-state index < -0.39 is 0 Å². The first-order valence-electron chi connectivity index (χ1n) is 4.32. The second-order valence-electron chi connectivity index (χ2n) is 3.08. The van der Waals surface area contributed by atoms with Gasteiger partial charge >= 0.3 is 0 Å². The molecular formula is C8H17NO2. The van der Waals surface area contributed by atoms with Crippen LogP contribution in [-0.4, -0.2) is 30.5 Å². The average Bonchev–Trinajstić information content (AvgIpc) is 2.37. The first kappa shape index (κ1) is 8.97. The van der Waals surface area contributed by atoms with Gasteiger partial charge in [0.05, 0.1) is 6.10 Å². The number of nitrogens with two attached hydrogens (primary N) is 1. The molecule has 1 fully saturated rings. The molecule has 1 aliphatic rings. The van der Waals surface area contributed by atoms with Crippen LogP contribution in [0.4, 0.5) is 0 Å². The third-order valence-electron chi connectivity index (χ3n) is 2.14. The maximum Gasteiger partial charge on any atom is 0.0725 e. The van der Waals surface area contributed by atoms with E-state index in [2.05, 4.69) is 0 Å². The lowest BCUT2D eigenvalue weighted by molar-refractivity contribution is 0.0395. The van der Waals surface area contributed by atoms with Crippen LogP contribution in [0.3, 0.4) is 0 Å². The first-order chi connectivity index (χ1) is 5.34. The predicted molar refractivity (Wildman–Crippen MR) is 43.3 cm³/mol. The van der Waals surface area contributed by atoms with Crippen LogP contribution in [0, 0.1) is 0 Å². The standard InChI is InChI=1S/C8H17NO2/c9-7-3-1-4-8(7)11-6-2-5-10/h7-8,10H,1-6,9H2. The summed E-state index contributed by atoms with van der Waals surface area (Å²) in [6, 6.07) is 0.230. The lowest BCUT2D eigenvalue weighted by Gasteiger charge is -2.15. The van der Waals surface area contributed by atoms with Crippen molar-refractivity contribution in [3.8, 4) is 0 Å². The summed E-state index contributed by atoms with van der Waals surface area (Å²) in [7, 11) is 0. The van der Waals surface area contributed by atoms with Crippen LogP contribution >= 0.6 is 0 Å². The van der Waals surface area contributed by atoms with Crippen molar-refractivity contribution in [2.75, 3.05) is 13.2 Å². The van der Waals surface area contributed by atoms with Crippen molar-refractivity contribution >= 4 is 0 Å². The highest BCUT2D eigenvalue weighted by Crippen LogP contribution is 2.20. The molecule has 2 atom stereocenters. The van der Waals surface area contributed by atoms with Gasteiger partial charge in [-0.3, -0.25) is 0 Å². The van der Waals surface area contributed by atoms with Crippen LogP contribution in [0.15, 0.2) is 0 Å². The maximum absolute atomic E-state index is 8.49. The molecule has 0 bridgehead atoms. The minimum absolute atomic E-state index is 0.210. The Morgan fingerprint density at radius 2 is 2.27 bits per heavy atom. The molecule has 0 aromatic carbocycles. The Kier molecular flexibility index (Phi) is 3.83. The molecule has 3 heteroatoms.